The molecule has 0 unspecified atom stereocenters. The Labute approximate surface area is 106 Å². The third-order valence-corrected chi connectivity index (χ3v) is 3.73. The molecule has 6 heteroatoms. The second-order valence-electron chi connectivity index (χ2n) is 5.18. The fourth-order valence-corrected chi connectivity index (χ4v) is 2.67. The molecule has 0 aliphatic carbocycles. The summed E-state index contributed by atoms with van der Waals surface area (Å²) in [4.78, 5) is 6.67. The Bertz CT molecular complexity index is 387. The number of β-amino-alcohol motifs (C(OH)–C–C–N with tert-alkyl or cyclic N) is 1. The molecule has 0 saturated carbocycles. The molecule has 2 aliphatic heterocycles. The maximum Gasteiger partial charge on any atom is 0.266 e. The summed E-state index contributed by atoms with van der Waals surface area (Å²) in [6.07, 6.45) is 5.33. The van der Waals surface area contributed by atoms with E-state index in [0.717, 1.165) is 13.1 Å². The minimum atomic E-state index is -0.302. The van der Waals surface area contributed by atoms with E-state index >= 15 is 0 Å². The maximum atomic E-state index is 9.49. The zero-order valence-electron chi connectivity index (χ0n) is 10.5. The van der Waals surface area contributed by atoms with Crippen molar-refractivity contribution in [2.24, 2.45) is 0 Å². The molecule has 2 saturated heterocycles. The van der Waals surface area contributed by atoms with Crippen LogP contribution in [0.1, 0.15) is 44.0 Å². The quantitative estimate of drug-likeness (QED) is 0.812. The van der Waals surface area contributed by atoms with E-state index in [-0.39, 0.29) is 12.1 Å². The van der Waals surface area contributed by atoms with E-state index in [2.05, 4.69) is 20.4 Å². The Hall–Kier alpha value is -1.14. The fourth-order valence-electron chi connectivity index (χ4n) is 2.67. The summed E-state index contributed by atoms with van der Waals surface area (Å²) in [5.74, 6) is 1.31. The van der Waals surface area contributed by atoms with E-state index in [0.29, 0.717) is 24.8 Å². The van der Waals surface area contributed by atoms with Gasteiger partial charge in [-0.2, -0.15) is 4.98 Å². The van der Waals surface area contributed by atoms with Crippen LogP contribution >= 0.6 is 0 Å². The molecule has 2 fully saturated rings. The van der Waals surface area contributed by atoms with Crippen LogP contribution in [-0.4, -0.2) is 41.0 Å². The van der Waals surface area contributed by atoms with Crippen LogP contribution in [-0.2, 0) is 0 Å². The van der Waals surface area contributed by atoms with Crippen molar-refractivity contribution in [1.82, 2.24) is 15.5 Å². The summed E-state index contributed by atoms with van der Waals surface area (Å²) in [6, 6.07) is 0.00762. The zero-order chi connectivity index (χ0) is 12.4. The molecule has 0 spiro atoms. The Morgan fingerprint density at radius 2 is 2.00 bits per heavy atom. The van der Waals surface area contributed by atoms with Gasteiger partial charge in [0.25, 0.3) is 5.95 Å². The van der Waals surface area contributed by atoms with Crippen LogP contribution in [0.3, 0.4) is 0 Å². The normalized spacial score (nSPS) is 29.5. The highest BCUT2D eigenvalue weighted by Crippen LogP contribution is 2.24. The van der Waals surface area contributed by atoms with Crippen molar-refractivity contribution >= 4 is 5.95 Å². The first-order valence-electron chi connectivity index (χ1n) is 6.83. The van der Waals surface area contributed by atoms with Gasteiger partial charge in [0.05, 0.1) is 12.1 Å². The summed E-state index contributed by atoms with van der Waals surface area (Å²) in [5, 5.41) is 16.7. The van der Waals surface area contributed by atoms with E-state index < -0.39 is 0 Å². The van der Waals surface area contributed by atoms with Crippen molar-refractivity contribution in [3.63, 3.8) is 0 Å². The molecule has 0 radical (unpaired) electrons. The van der Waals surface area contributed by atoms with Gasteiger partial charge < -0.3 is 19.8 Å². The first-order chi connectivity index (χ1) is 8.83. The molecule has 0 bridgehead atoms. The third-order valence-electron chi connectivity index (χ3n) is 3.73. The van der Waals surface area contributed by atoms with E-state index in [9.17, 15) is 5.11 Å². The highest BCUT2D eigenvalue weighted by Gasteiger charge is 2.28. The number of aromatic nitrogens is 2. The van der Waals surface area contributed by atoms with Gasteiger partial charge in [-0.1, -0.05) is 12.8 Å². The predicted molar refractivity (Wildman–Crippen MR) is 66.3 cm³/mol. The van der Waals surface area contributed by atoms with Crippen LogP contribution in [0.2, 0.25) is 0 Å². The highest BCUT2D eigenvalue weighted by molar-refractivity contribution is 5.28. The SMILES string of the molecule is O[C@H]1CN[C@@H](c2nc(N3CCCCCC3)no2)C1. The molecule has 6 nitrogen and oxygen atoms in total. The summed E-state index contributed by atoms with van der Waals surface area (Å²) in [6.45, 7) is 2.63. The van der Waals surface area contributed by atoms with E-state index in [1.54, 1.807) is 0 Å². The lowest BCUT2D eigenvalue weighted by atomic mass is 10.2. The zero-order valence-corrected chi connectivity index (χ0v) is 10.5. The standard InChI is InChI=1S/C12H20N4O2/c17-9-7-10(13-8-9)11-14-12(15-18-11)16-5-3-1-2-4-6-16/h9-10,13,17H,1-8H2/t9-,10-/m1/s1. The van der Waals surface area contributed by atoms with Crippen LogP contribution in [0.4, 0.5) is 5.95 Å². The Kier molecular flexibility index (Phi) is 3.47. The minimum Gasteiger partial charge on any atom is -0.392 e. The number of rotatable bonds is 2. The summed E-state index contributed by atoms with van der Waals surface area (Å²) < 4.78 is 5.31. The van der Waals surface area contributed by atoms with Crippen LogP contribution < -0.4 is 10.2 Å². The highest BCUT2D eigenvalue weighted by atomic mass is 16.5. The molecule has 1 aromatic rings. The Morgan fingerprint density at radius 1 is 1.22 bits per heavy atom. The average molecular weight is 252 g/mol. The monoisotopic (exact) mass is 252 g/mol. The minimum absolute atomic E-state index is 0.00762. The van der Waals surface area contributed by atoms with E-state index in [1.807, 2.05) is 0 Å². The topological polar surface area (TPSA) is 74.4 Å². The second-order valence-corrected chi connectivity index (χ2v) is 5.18. The van der Waals surface area contributed by atoms with Gasteiger partial charge in [0.15, 0.2) is 0 Å². The molecule has 18 heavy (non-hydrogen) atoms. The van der Waals surface area contributed by atoms with Gasteiger partial charge in [-0.15, -0.1) is 0 Å². The van der Waals surface area contributed by atoms with E-state index in [1.165, 1.54) is 25.7 Å². The van der Waals surface area contributed by atoms with Crippen molar-refractivity contribution in [1.29, 1.82) is 0 Å². The molecule has 3 heterocycles. The van der Waals surface area contributed by atoms with Gasteiger partial charge in [-0.3, -0.25) is 0 Å². The average Bonchev–Trinajstić information content (AvgIpc) is 2.92. The molecular formula is C12H20N4O2. The van der Waals surface area contributed by atoms with Crippen molar-refractivity contribution in [2.45, 2.75) is 44.2 Å². The van der Waals surface area contributed by atoms with Crippen LogP contribution in [0.25, 0.3) is 0 Å². The fraction of sp³-hybridized carbons (Fsp3) is 0.833. The molecule has 0 aromatic carbocycles. The smallest absolute Gasteiger partial charge is 0.266 e. The van der Waals surface area contributed by atoms with Gasteiger partial charge in [0.1, 0.15) is 0 Å². The molecule has 2 aliphatic rings. The van der Waals surface area contributed by atoms with Crippen molar-refractivity contribution < 1.29 is 9.63 Å². The summed E-state index contributed by atoms with van der Waals surface area (Å²) in [7, 11) is 0. The lowest BCUT2D eigenvalue weighted by molar-refractivity contribution is 0.191. The predicted octanol–water partition coefficient (Wildman–Crippen LogP) is 0.845. The molecule has 1 aromatic heterocycles. The second kappa shape index (κ2) is 5.24. The largest absolute Gasteiger partial charge is 0.392 e. The van der Waals surface area contributed by atoms with Gasteiger partial charge in [0, 0.05) is 19.6 Å². The number of aliphatic hydroxyl groups excluding tert-OH is 1. The molecule has 2 atom stereocenters. The van der Waals surface area contributed by atoms with E-state index in [4.69, 9.17) is 4.52 Å². The van der Waals surface area contributed by atoms with Crippen molar-refractivity contribution in [3.8, 4) is 0 Å². The first-order valence-corrected chi connectivity index (χ1v) is 6.83. The van der Waals surface area contributed by atoms with Gasteiger partial charge in [0.2, 0.25) is 5.89 Å². The Balaban J connectivity index is 1.68. The molecule has 100 valence electrons. The number of anilines is 1. The van der Waals surface area contributed by atoms with Crippen LogP contribution in [0.15, 0.2) is 4.52 Å². The molecular weight excluding hydrogens is 232 g/mol. The first kappa shape index (κ1) is 11.9. The number of aliphatic hydroxyl groups is 1. The van der Waals surface area contributed by atoms with Gasteiger partial charge in [-0.05, 0) is 24.4 Å². The van der Waals surface area contributed by atoms with Crippen molar-refractivity contribution in [3.05, 3.63) is 5.89 Å². The molecule has 2 N–H and O–H groups in total. The van der Waals surface area contributed by atoms with Crippen molar-refractivity contribution in [2.75, 3.05) is 24.5 Å². The van der Waals surface area contributed by atoms with Crippen LogP contribution in [0, 0.1) is 0 Å². The number of nitrogens with zero attached hydrogens (tertiary/aromatic N) is 3. The van der Waals surface area contributed by atoms with Crippen LogP contribution in [0.5, 0.6) is 0 Å². The number of nitrogens with one attached hydrogen (secondary N) is 1. The number of hydrogen-bond acceptors (Lipinski definition) is 6. The molecule has 0 amide bonds. The maximum absolute atomic E-state index is 9.49. The van der Waals surface area contributed by atoms with Gasteiger partial charge >= 0.3 is 0 Å². The van der Waals surface area contributed by atoms with Gasteiger partial charge in [-0.25, -0.2) is 0 Å². The lowest BCUT2D eigenvalue weighted by Crippen LogP contribution is -2.25. The summed E-state index contributed by atoms with van der Waals surface area (Å²) in [5.41, 5.74) is 0. The Morgan fingerprint density at radius 3 is 2.67 bits per heavy atom. The summed E-state index contributed by atoms with van der Waals surface area (Å²) >= 11 is 0. The number of hydrogen-bond donors (Lipinski definition) is 2. The lowest BCUT2D eigenvalue weighted by Gasteiger charge is -2.16. The molecule has 3 rings (SSSR count). The third kappa shape index (κ3) is 2.49.